The number of nitrogens with zero attached hydrogens (tertiary/aromatic N) is 2. The smallest absolute Gasteiger partial charge is 0.416 e. The van der Waals surface area contributed by atoms with Crippen LogP contribution >= 0.6 is 0 Å². The number of alkyl halides is 3. The number of hydrogen-bond donors (Lipinski definition) is 2. The highest BCUT2D eigenvalue weighted by molar-refractivity contribution is 5.88. The van der Waals surface area contributed by atoms with Gasteiger partial charge < -0.3 is 15.1 Å². The summed E-state index contributed by atoms with van der Waals surface area (Å²) >= 11 is 0. The third-order valence-corrected chi connectivity index (χ3v) is 3.70. The Bertz CT molecular complexity index is 611. The second kappa shape index (κ2) is 6.45. The number of amides is 1. The average Bonchev–Trinajstić information content (AvgIpc) is 2.46. The zero-order valence-electron chi connectivity index (χ0n) is 12.0. The molecular weight excluding hydrogens is 317 g/mol. The van der Waals surface area contributed by atoms with E-state index in [9.17, 15) is 22.8 Å². The average molecular weight is 332 g/mol. The number of halogens is 3. The second-order valence-electron chi connectivity index (χ2n) is 5.22. The largest absolute Gasteiger partial charge is 0.478 e. The van der Waals surface area contributed by atoms with Gasteiger partial charge in [-0.2, -0.15) is 13.2 Å². The summed E-state index contributed by atoms with van der Waals surface area (Å²) in [5, 5.41) is 17.7. The zero-order valence-corrected chi connectivity index (χ0v) is 12.0. The standard InChI is InChI=1S/C14H15F3N2O4/c15-14(16,17)11-7-9(12(20)21)1-2-10(11)8-18-3-5-19(6-4-18)13(22)23/h1-2,7H,3-6,8H2,(H,20,21)(H,22,23). The van der Waals surface area contributed by atoms with Gasteiger partial charge in [-0.05, 0) is 17.7 Å². The number of carbonyl (C=O) groups is 2. The van der Waals surface area contributed by atoms with Crippen LogP contribution in [-0.2, 0) is 12.7 Å². The lowest BCUT2D eigenvalue weighted by molar-refractivity contribution is -0.138. The highest BCUT2D eigenvalue weighted by atomic mass is 19.4. The predicted molar refractivity (Wildman–Crippen MR) is 73.3 cm³/mol. The first-order chi connectivity index (χ1) is 10.7. The van der Waals surface area contributed by atoms with Crippen molar-refractivity contribution in [2.24, 2.45) is 0 Å². The van der Waals surface area contributed by atoms with Crippen molar-refractivity contribution in [3.63, 3.8) is 0 Å². The van der Waals surface area contributed by atoms with E-state index < -0.39 is 29.4 Å². The van der Waals surface area contributed by atoms with Crippen molar-refractivity contribution in [1.29, 1.82) is 0 Å². The van der Waals surface area contributed by atoms with Crippen LogP contribution in [0.3, 0.4) is 0 Å². The van der Waals surface area contributed by atoms with Gasteiger partial charge in [-0.3, -0.25) is 4.90 Å². The summed E-state index contributed by atoms with van der Waals surface area (Å²) in [6, 6.07) is 2.93. The molecule has 1 saturated heterocycles. The van der Waals surface area contributed by atoms with Crippen LogP contribution in [0.4, 0.5) is 18.0 Å². The van der Waals surface area contributed by atoms with Crippen molar-refractivity contribution >= 4 is 12.1 Å². The first-order valence-electron chi connectivity index (χ1n) is 6.82. The van der Waals surface area contributed by atoms with Crippen LogP contribution in [0, 0.1) is 0 Å². The molecule has 1 aliphatic rings. The lowest BCUT2D eigenvalue weighted by Crippen LogP contribution is -2.47. The maximum absolute atomic E-state index is 13.1. The van der Waals surface area contributed by atoms with E-state index in [-0.39, 0.29) is 25.2 Å². The molecule has 9 heteroatoms. The number of benzene rings is 1. The Morgan fingerprint density at radius 1 is 1.09 bits per heavy atom. The van der Waals surface area contributed by atoms with Gasteiger partial charge in [0.05, 0.1) is 11.1 Å². The van der Waals surface area contributed by atoms with Crippen LogP contribution in [0.25, 0.3) is 0 Å². The molecule has 1 fully saturated rings. The predicted octanol–water partition coefficient (Wildman–Crippen LogP) is 2.20. The van der Waals surface area contributed by atoms with Crippen LogP contribution in [0.15, 0.2) is 18.2 Å². The molecule has 1 amide bonds. The van der Waals surface area contributed by atoms with E-state index >= 15 is 0 Å². The first-order valence-corrected chi connectivity index (χ1v) is 6.82. The number of hydrogen-bond acceptors (Lipinski definition) is 3. The molecule has 1 aromatic rings. The lowest BCUT2D eigenvalue weighted by Gasteiger charge is -2.33. The van der Waals surface area contributed by atoms with Gasteiger partial charge in [-0.15, -0.1) is 0 Å². The molecule has 0 atom stereocenters. The number of aromatic carboxylic acids is 1. The Hall–Kier alpha value is -2.29. The maximum atomic E-state index is 13.1. The van der Waals surface area contributed by atoms with Crippen molar-refractivity contribution < 1.29 is 33.0 Å². The van der Waals surface area contributed by atoms with Gasteiger partial charge in [0.2, 0.25) is 0 Å². The van der Waals surface area contributed by atoms with Gasteiger partial charge in [-0.1, -0.05) is 6.07 Å². The molecule has 0 unspecified atom stereocenters. The zero-order chi connectivity index (χ0) is 17.2. The molecule has 2 rings (SSSR count). The van der Waals surface area contributed by atoms with Crippen LogP contribution in [0.1, 0.15) is 21.5 Å². The highest BCUT2D eigenvalue weighted by Crippen LogP contribution is 2.33. The molecule has 2 N–H and O–H groups in total. The molecule has 0 spiro atoms. The molecule has 1 aromatic carbocycles. The summed E-state index contributed by atoms with van der Waals surface area (Å²) in [7, 11) is 0. The molecule has 0 aliphatic carbocycles. The van der Waals surface area contributed by atoms with Crippen molar-refractivity contribution in [3.05, 3.63) is 34.9 Å². The molecule has 126 valence electrons. The van der Waals surface area contributed by atoms with E-state index in [2.05, 4.69) is 0 Å². The third kappa shape index (κ3) is 4.13. The number of piperazine rings is 1. The lowest BCUT2D eigenvalue weighted by atomic mass is 10.0. The minimum Gasteiger partial charge on any atom is -0.478 e. The minimum absolute atomic E-state index is 0.0117. The van der Waals surface area contributed by atoms with Crippen LogP contribution in [0.5, 0.6) is 0 Å². The Morgan fingerprint density at radius 3 is 2.17 bits per heavy atom. The van der Waals surface area contributed by atoms with E-state index in [1.165, 1.54) is 4.90 Å². The van der Waals surface area contributed by atoms with E-state index in [1.54, 1.807) is 4.90 Å². The van der Waals surface area contributed by atoms with Gasteiger partial charge >= 0.3 is 18.2 Å². The minimum atomic E-state index is -4.65. The van der Waals surface area contributed by atoms with Crippen molar-refractivity contribution in [2.75, 3.05) is 26.2 Å². The Kier molecular flexibility index (Phi) is 4.79. The summed E-state index contributed by atoms with van der Waals surface area (Å²) in [5.74, 6) is -1.42. The Morgan fingerprint density at radius 2 is 1.70 bits per heavy atom. The highest BCUT2D eigenvalue weighted by Gasteiger charge is 2.34. The molecule has 1 heterocycles. The summed E-state index contributed by atoms with van der Waals surface area (Å²) in [4.78, 5) is 24.6. The van der Waals surface area contributed by atoms with E-state index in [0.717, 1.165) is 12.1 Å². The van der Waals surface area contributed by atoms with Crippen LogP contribution in [0.2, 0.25) is 0 Å². The van der Waals surface area contributed by atoms with E-state index in [1.807, 2.05) is 0 Å². The molecule has 0 bridgehead atoms. The summed E-state index contributed by atoms with van der Waals surface area (Å²) < 4.78 is 39.3. The Balaban J connectivity index is 2.17. The Labute approximate surface area is 129 Å². The fourth-order valence-corrected chi connectivity index (χ4v) is 2.45. The number of carboxylic acid groups (broad SMARTS) is 2. The van der Waals surface area contributed by atoms with Crippen molar-refractivity contribution in [1.82, 2.24) is 9.80 Å². The van der Waals surface area contributed by atoms with Crippen LogP contribution < -0.4 is 0 Å². The molecule has 23 heavy (non-hydrogen) atoms. The van der Waals surface area contributed by atoms with E-state index in [4.69, 9.17) is 10.2 Å². The van der Waals surface area contributed by atoms with E-state index in [0.29, 0.717) is 19.2 Å². The monoisotopic (exact) mass is 332 g/mol. The maximum Gasteiger partial charge on any atom is 0.416 e. The first kappa shape index (κ1) is 17.1. The SMILES string of the molecule is O=C(O)c1ccc(CN2CCN(C(=O)O)CC2)c(C(F)(F)F)c1. The summed E-state index contributed by atoms with van der Waals surface area (Å²) in [5.41, 5.74) is -1.42. The fourth-order valence-electron chi connectivity index (χ4n) is 2.45. The number of rotatable bonds is 3. The summed E-state index contributed by atoms with van der Waals surface area (Å²) in [6.07, 6.45) is -5.70. The van der Waals surface area contributed by atoms with Crippen molar-refractivity contribution in [2.45, 2.75) is 12.7 Å². The van der Waals surface area contributed by atoms with Gasteiger partial charge in [0, 0.05) is 32.7 Å². The molecule has 0 saturated carbocycles. The van der Waals surface area contributed by atoms with Gasteiger partial charge in [0.1, 0.15) is 0 Å². The molecule has 0 aromatic heterocycles. The van der Waals surface area contributed by atoms with Gasteiger partial charge in [0.15, 0.2) is 0 Å². The summed E-state index contributed by atoms with van der Waals surface area (Å²) in [6.45, 7) is 1.09. The van der Waals surface area contributed by atoms with Gasteiger partial charge in [-0.25, -0.2) is 9.59 Å². The number of carboxylic acids is 1. The van der Waals surface area contributed by atoms with Crippen LogP contribution in [-0.4, -0.2) is 58.3 Å². The molecule has 1 aliphatic heterocycles. The molecular formula is C14H15F3N2O4. The quantitative estimate of drug-likeness (QED) is 0.887. The van der Waals surface area contributed by atoms with Gasteiger partial charge in [0.25, 0.3) is 0 Å². The third-order valence-electron chi connectivity index (χ3n) is 3.70. The molecule has 0 radical (unpaired) electrons. The topological polar surface area (TPSA) is 81.1 Å². The normalized spacial score (nSPS) is 16.4. The molecule has 6 nitrogen and oxygen atoms in total. The fraction of sp³-hybridized carbons (Fsp3) is 0.429. The van der Waals surface area contributed by atoms with Crippen molar-refractivity contribution in [3.8, 4) is 0 Å². The second-order valence-corrected chi connectivity index (χ2v) is 5.22.